The minimum Gasteiger partial charge on any atom is -0.360 e. The van der Waals surface area contributed by atoms with Crippen LogP contribution in [0.5, 0.6) is 0 Å². The highest BCUT2D eigenvalue weighted by Gasteiger charge is 2.13. The Bertz CT molecular complexity index is 563. The van der Waals surface area contributed by atoms with E-state index in [0.717, 1.165) is 22.3 Å². The number of ether oxygens (including phenoxy) is 1. The van der Waals surface area contributed by atoms with Crippen LogP contribution in [0.1, 0.15) is 0 Å². The molecule has 1 aromatic carbocycles. The van der Waals surface area contributed by atoms with Crippen molar-refractivity contribution < 1.29 is 4.74 Å². The number of benzene rings is 1. The molecule has 20 heavy (non-hydrogen) atoms. The standard InChI is InChI=1S/C15H21BrN2OSi/c1-20(2,3)11-10-19-12-18-15(8-9-17-18)13-6-4-5-7-14(13)16/h4-9H,10-12H2,1-3H3. The van der Waals surface area contributed by atoms with Gasteiger partial charge in [0.1, 0.15) is 6.73 Å². The molecule has 0 N–H and O–H groups in total. The van der Waals surface area contributed by atoms with Crippen LogP contribution in [0.2, 0.25) is 25.7 Å². The lowest BCUT2D eigenvalue weighted by Gasteiger charge is -2.16. The summed E-state index contributed by atoms with van der Waals surface area (Å²) < 4.78 is 8.76. The van der Waals surface area contributed by atoms with Crippen molar-refractivity contribution in [1.29, 1.82) is 0 Å². The molecule has 2 rings (SSSR count). The highest BCUT2D eigenvalue weighted by atomic mass is 79.9. The van der Waals surface area contributed by atoms with E-state index in [-0.39, 0.29) is 0 Å². The Labute approximate surface area is 130 Å². The fourth-order valence-electron chi connectivity index (χ4n) is 1.86. The summed E-state index contributed by atoms with van der Waals surface area (Å²) in [6.07, 6.45) is 1.82. The van der Waals surface area contributed by atoms with Gasteiger partial charge in [0.15, 0.2) is 0 Å². The number of rotatable bonds is 6. The van der Waals surface area contributed by atoms with E-state index in [9.17, 15) is 0 Å². The van der Waals surface area contributed by atoms with Gasteiger partial charge in [0.25, 0.3) is 0 Å². The van der Waals surface area contributed by atoms with Gasteiger partial charge in [0.05, 0.1) is 5.69 Å². The third-order valence-electron chi connectivity index (χ3n) is 3.08. The molecule has 0 saturated carbocycles. The summed E-state index contributed by atoms with van der Waals surface area (Å²) in [6.45, 7) is 8.39. The summed E-state index contributed by atoms with van der Waals surface area (Å²) >= 11 is 3.58. The van der Waals surface area contributed by atoms with Crippen LogP contribution in [0.15, 0.2) is 41.0 Å². The molecular weight excluding hydrogens is 332 g/mol. The van der Waals surface area contributed by atoms with Gasteiger partial charge in [-0.25, -0.2) is 4.68 Å². The van der Waals surface area contributed by atoms with Crippen LogP contribution >= 0.6 is 15.9 Å². The van der Waals surface area contributed by atoms with Gasteiger partial charge >= 0.3 is 0 Å². The minimum atomic E-state index is -1.03. The molecule has 5 heteroatoms. The zero-order valence-electron chi connectivity index (χ0n) is 12.3. The summed E-state index contributed by atoms with van der Waals surface area (Å²) in [5.74, 6) is 0. The predicted octanol–water partition coefficient (Wildman–Crippen LogP) is 4.62. The van der Waals surface area contributed by atoms with E-state index in [1.807, 2.05) is 35.1 Å². The zero-order valence-corrected chi connectivity index (χ0v) is 14.9. The van der Waals surface area contributed by atoms with Gasteiger partial charge in [-0.1, -0.05) is 53.8 Å². The average Bonchev–Trinajstić information content (AvgIpc) is 2.82. The lowest BCUT2D eigenvalue weighted by Crippen LogP contribution is -2.22. The Kier molecular flexibility index (Phi) is 5.18. The van der Waals surface area contributed by atoms with Gasteiger partial charge in [-0.2, -0.15) is 5.10 Å². The normalized spacial score (nSPS) is 11.8. The molecule has 2 aromatic rings. The summed E-state index contributed by atoms with van der Waals surface area (Å²) in [6, 6.07) is 11.4. The van der Waals surface area contributed by atoms with Gasteiger partial charge < -0.3 is 4.74 Å². The van der Waals surface area contributed by atoms with E-state index in [0.29, 0.717) is 6.73 Å². The van der Waals surface area contributed by atoms with Crippen molar-refractivity contribution in [2.24, 2.45) is 0 Å². The van der Waals surface area contributed by atoms with Crippen LogP contribution in [0.3, 0.4) is 0 Å². The molecule has 0 fully saturated rings. The largest absolute Gasteiger partial charge is 0.360 e. The van der Waals surface area contributed by atoms with Crippen LogP contribution in [0.25, 0.3) is 11.3 Å². The van der Waals surface area contributed by atoms with Crippen molar-refractivity contribution in [3.8, 4) is 11.3 Å². The molecule has 0 atom stereocenters. The molecule has 0 unspecified atom stereocenters. The molecule has 0 aliphatic heterocycles. The van der Waals surface area contributed by atoms with E-state index in [2.05, 4.69) is 46.7 Å². The van der Waals surface area contributed by atoms with E-state index in [4.69, 9.17) is 4.74 Å². The monoisotopic (exact) mass is 352 g/mol. The summed E-state index contributed by atoms with van der Waals surface area (Å²) in [5, 5.41) is 4.35. The molecule has 108 valence electrons. The van der Waals surface area contributed by atoms with Crippen molar-refractivity contribution in [2.45, 2.75) is 32.4 Å². The second kappa shape index (κ2) is 6.69. The van der Waals surface area contributed by atoms with Crippen LogP contribution in [-0.2, 0) is 11.5 Å². The fourth-order valence-corrected chi connectivity index (χ4v) is 3.11. The Balaban J connectivity index is 2.01. The molecule has 0 amide bonds. The van der Waals surface area contributed by atoms with Crippen molar-refractivity contribution >= 4 is 24.0 Å². The van der Waals surface area contributed by atoms with Gasteiger partial charge in [0.2, 0.25) is 0 Å². The number of hydrogen-bond acceptors (Lipinski definition) is 2. The molecule has 1 heterocycles. The number of hydrogen-bond donors (Lipinski definition) is 0. The Morgan fingerprint density at radius 2 is 1.95 bits per heavy atom. The van der Waals surface area contributed by atoms with E-state index in [1.54, 1.807) is 0 Å². The van der Waals surface area contributed by atoms with Crippen LogP contribution in [0, 0.1) is 0 Å². The second-order valence-electron chi connectivity index (χ2n) is 6.04. The predicted molar refractivity (Wildman–Crippen MR) is 89.5 cm³/mol. The van der Waals surface area contributed by atoms with Gasteiger partial charge in [-0.15, -0.1) is 0 Å². The third-order valence-corrected chi connectivity index (χ3v) is 5.47. The van der Waals surface area contributed by atoms with E-state index >= 15 is 0 Å². The first-order valence-electron chi connectivity index (χ1n) is 6.82. The minimum absolute atomic E-state index is 0.508. The number of aromatic nitrogens is 2. The van der Waals surface area contributed by atoms with Crippen molar-refractivity contribution in [2.75, 3.05) is 6.61 Å². The lowest BCUT2D eigenvalue weighted by molar-refractivity contribution is 0.0798. The molecule has 3 nitrogen and oxygen atoms in total. The van der Waals surface area contributed by atoms with Gasteiger partial charge in [-0.05, 0) is 18.2 Å². The van der Waals surface area contributed by atoms with Gasteiger partial charge in [-0.3, -0.25) is 0 Å². The number of halogens is 1. The first kappa shape index (κ1) is 15.5. The molecular formula is C15H21BrN2OSi. The Hall–Kier alpha value is -0.913. The molecule has 0 bridgehead atoms. The van der Waals surface area contributed by atoms with Crippen LogP contribution in [-0.4, -0.2) is 24.5 Å². The summed E-state index contributed by atoms with van der Waals surface area (Å²) in [7, 11) is -1.03. The smallest absolute Gasteiger partial charge is 0.139 e. The van der Waals surface area contributed by atoms with Crippen LogP contribution < -0.4 is 0 Å². The third kappa shape index (κ3) is 4.29. The quantitative estimate of drug-likeness (QED) is 0.559. The lowest BCUT2D eigenvalue weighted by atomic mass is 10.1. The first-order valence-corrected chi connectivity index (χ1v) is 11.3. The van der Waals surface area contributed by atoms with Crippen LogP contribution in [0.4, 0.5) is 0 Å². The zero-order chi connectivity index (χ0) is 14.6. The first-order chi connectivity index (χ1) is 9.47. The van der Waals surface area contributed by atoms with E-state index < -0.39 is 8.07 Å². The molecule has 0 aliphatic carbocycles. The Morgan fingerprint density at radius 1 is 1.20 bits per heavy atom. The van der Waals surface area contributed by atoms with Crippen molar-refractivity contribution in [3.05, 3.63) is 41.0 Å². The molecule has 1 aromatic heterocycles. The summed E-state index contributed by atoms with van der Waals surface area (Å²) in [5.41, 5.74) is 2.21. The highest BCUT2D eigenvalue weighted by Crippen LogP contribution is 2.27. The average molecular weight is 353 g/mol. The highest BCUT2D eigenvalue weighted by molar-refractivity contribution is 9.10. The molecule has 0 radical (unpaired) electrons. The maximum atomic E-state index is 5.78. The van der Waals surface area contributed by atoms with E-state index in [1.165, 1.54) is 6.04 Å². The summed E-state index contributed by atoms with van der Waals surface area (Å²) in [4.78, 5) is 0. The van der Waals surface area contributed by atoms with Crippen molar-refractivity contribution in [3.63, 3.8) is 0 Å². The number of nitrogens with zero attached hydrogens (tertiary/aromatic N) is 2. The molecule has 0 saturated heterocycles. The second-order valence-corrected chi connectivity index (χ2v) is 12.5. The topological polar surface area (TPSA) is 27.1 Å². The molecule has 0 aliphatic rings. The SMILES string of the molecule is C[Si](C)(C)CCOCn1nccc1-c1ccccc1Br. The fraction of sp³-hybridized carbons (Fsp3) is 0.400. The maximum Gasteiger partial charge on any atom is 0.139 e. The van der Waals surface area contributed by atoms with Crippen molar-refractivity contribution in [1.82, 2.24) is 9.78 Å². The van der Waals surface area contributed by atoms with Gasteiger partial charge in [0, 0.05) is 30.9 Å². The maximum absolute atomic E-state index is 5.78. The molecule has 0 spiro atoms. The Morgan fingerprint density at radius 3 is 2.65 bits per heavy atom.